The molecule has 0 bridgehead atoms. The van der Waals surface area contributed by atoms with Crippen LogP contribution in [0.5, 0.6) is 0 Å². The summed E-state index contributed by atoms with van der Waals surface area (Å²) in [6, 6.07) is 0. The molecule has 0 saturated carbocycles. The standard InChI is InChI=1S/C13H24N6O2/c1-4-5-10-12(18-14)16-9-17-13(10)19(2)8-11(20)15-6-7-21-3/h9H,4-8,14H2,1-3H3,(H,15,20)(H,16,17,18). The smallest absolute Gasteiger partial charge is 0.239 e. The van der Waals surface area contributed by atoms with Gasteiger partial charge in [-0.1, -0.05) is 13.3 Å². The van der Waals surface area contributed by atoms with Gasteiger partial charge in [-0.3, -0.25) is 4.79 Å². The minimum Gasteiger partial charge on any atom is -0.383 e. The Labute approximate surface area is 125 Å². The number of carbonyl (C=O) groups is 1. The van der Waals surface area contributed by atoms with Crippen LogP contribution in [0.1, 0.15) is 18.9 Å². The number of hydrogen-bond acceptors (Lipinski definition) is 7. The van der Waals surface area contributed by atoms with E-state index in [1.807, 2.05) is 7.05 Å². The van der Waals surface area contributed by atoms with Crippen LogP contribution in [0.3, 0.4) is 0 Å². The van der Waals surface area contributed by atoms with E-state index in [2.05, 4.69) is 27.6 Å². The minimum atomic E-state index is -0.0853. The lowest BCUT2D eigenvalue weighted by Gasteiger charge is -2.21. The van der Waals surface area contributed by atoms with Crippen LogP contribution in [-0.2, 0) is 16.0 Å². The molecule has 21 heavy (non-hydrogen) atoms. The number of aromatic nitrogens is 2. The number of carbonyl (C=O) groups excluding carboxylic acids is 1. The van der Waals surface area contributed by atoms with E-state index in [-0.39, 0.29) is 12.5 Å². The second-order valence-corrected chi connectivity index (χ2v) is 4.62. The first-order valence-electron chi connectivity index (χ1n) is 6.91. The fraction of sp³-hybridized carbons (Fsp3) is 0.615. The third-order valence-electron chi connectivity index (χ3n) is 2.93. The van der Waals surface area contributed by atoms with Gasteiger partial charge in [0.25, 0.3) is 0 Å². The molecule has 1 amide bonds. The molecule has 8 heteroatoms. The fourth-order valence-electron chi connectivity index (χ4n) is 1.98. The highest BCUT2D eigenvalue weighted by Crippen LogP contribution is 2.23. The highest BCUT2D eigenvalue weighted by Gasteiger charge is 2.15. The summed E-state index contributed by atoms with van der Waals surface area (Å²) in [6.45, 7) is 3.26. The summed E-state index contributed by atoms with van der Waals surface area (Å²) in [4.78, 5) is 22.0. The van der Waals surface area contributed by atoms with Gasteiger partial charge in [-0.05, 0) is 6.42 Å². The molecule has 1 aromatic heterocycles. The normalized spacial score (nSPS) is 10.3. The predicted molar refractivity (Wildman–Crippen MR) is 82.0 cm³/mol. The van der Waals surface area contributed by atoms with Crippen molar-refractivity contribution in [3.8, 4) is 0 Å². The lowest BCUT2D eigenvalue weighted by molar-refractivity contribution is -0.119. The second-order valence-electron chi connectivity index (χ2n) is 4.62. The Hall–Kier alpha value is -1.93. The first-order valence-corrected chi connectivity index (χ1v) is 6.91. The van der Waals surface area contributed by atoms with Gasteiger partial charge in [-0.25, -0.2) is 15.8 Å². The van der Waals surface area contributed by atoms with Crippen molar-refractivity contribution in [3.05, 3.63) is 11.9 Å². The zero-order chi connectivity index (χ0) is 15.7. The van der Waals surface area contributed by atoms with Crippen LogP contribution in [0.25, 0.3) is 0 Å². The molecule has 118 valence electrons. The van der Waals surface area contributed by atoms with Crippen LogP contribution in [0.4, 0.5) is 11.6 Å². The molecule has 0 spiro atoms. The number of hydrogen-bond donors (Lipinski definition) is 3. The lowest BCUT2D eigenvalue weighted by Crippen LogP contribution is -2.37. The third kappa shape index (κ3) is 5.16. The minimum absolute atomic E-state index is 0.0853. The molecule has 0 aliphatic carbocycles. The Morgan fingerprint density at radius 1 is 1.48 bits per heavy atom. The number of nitrogens with zero attached hydrogens (tertiary/aromatic N) is 3. The summed E-state index contributed by atoms with van der Waals surface area (Å²) in [6.07, 6.45) is 3.15. The molecule has 0 aliphatic heterocycles. The van der Waals surface area contributed by atoms with Gasteiger partial charge in [0.05, 0.1) is 13.2 Å². The van der Waals surface area contributed by atoms with Gasteiger partial charge in [0, 0.05) is 26.3 Å². The summed E-state index contributed by atoms with van der Waals surface area (Å²) < 4.78 is 4.89. The van der Waals surface area contributed by atoms with Gasteiger partial charge >= 0.3 is 0 Å². The number of ether oxygens (including phenoxy) is 1. The molecule has 1 heterocycles. The molecule has 0 atom stereocenters. The average Bonchev–Trinajstić information content (AvgIpc) is 2.47. The summed E-state index contributed by atoms with van der Waals surface area (Å²) in [7, 11) is 3.41. The van der Waals surface area contributed by atoms with Crippen LogP contribution in [0.2, 0.25) is 0 Å². The number of amides is 1. The van der Waals surface area contributed by atoms with Gasteiger partial charge in [0.15, 0.2) is 0 Å². The predicted octanol–water partition coefficient (Wildman–Crippen LogP) is -0.0865. The van der Waals surface area contributed by atoms with E-state index in [1.165, 1.54) is 6.33 Å². The Balaban J connectivity index is 2.76. The number of methoxy groups -OCH3 is 1. The van der Waals surface area contributed by atoms with Crippen molar-refractivity contribution in [3.63, 3.8) is 0 Å². The van der Waals surface area contributed by atoms with E-state index in [0.29, 0.717) is 24.8 Å². The van der Waals surface area contributed by atoms with Gasteiger partial charge in [-0.2, -0.15) is 0 Å². The SMILES string of the molecule is CCCc1c(NN)ncnc1N(C)CC(=O)NCCOC. The molecule has 0 saturated heterocycles. The molecule has 0 fully saturated rings. The van der Waals surface area contributed by atoms with Crippen molar-refractivity contribution in [2.75, 3.05) is 44.2 Å². The Morgan fingerprint density at radius 2 is 2.24 bits per heavy atom. The summed E-state index contributed by atoms with van der Waals surface area (Å²) in [5.74, 6) is 6.70. The van der Waals surface area contributed by atoms with Gasteiger partial charge in [-0.15, -0.1) is 0 Å². The van der Waals surface area contributed by atoms with Crippen LogP contribution in [0.15, 0.2) is 6.33 Å². The van der Waals surface area contributed by atoms with E-state index in [4.69, 9.17) is 10.6 Å². The lowest BCUT2D eigenvalue weighted by atomic mass is 10.1. The van der Waals surface area contributed by atoms with Crippen molar-refractivity contribution in [1.82, 2.24) is 15.3 Å². The Morgan fingerprint density at radius 3 is 2.86 bits per heavy atom. The van der Waals surface area contributed by atoms with E-state index in [9.17, 15) is 4.79 Å². The molecular weight excluding hydrogens is 272 g/mol. The first kappa shape index (κ1) is 17.1. The number of nitrogens with one attached hydrogen (secondary N) is 2. The van der Waals surface area contributed by atoms with Crippen molar-refractivity contribution < 1.29 is 9.53 Å². The van der Waals surface area contributed by atoms with Crippen molar-refractivity contribution in [2.24, 2.45) is 5.84 Å². The molecule has 4 N–H and O–H groups in total. The maximum Gasteiger partial charge on any atom is 0.239 e. The highest BCUT2D eigenvalue weighted by atomic mass is 16.5. The van der Waals surface area contributed by atoms with Gasteiger partial charge in [0.2, 0.25) is 5.91 Å². The number of hydrazine groups is 1. The largest absolute Gasteiger partial charge is 0.383 e. The van der Waals surface area contributed by atoms with Gasteiger partial charge < -0.3 is 20.4 Å². The van der Waals surface area contributed by atoms with Crippen LogP contribution < -0.4 is 21.5 Å². The number of nitrogen functional groups attached to an aromatic ring is 1. The topological polar surface area (TPSA) is 105 Å². The molecule has 0 unspecified atom stereocenters. The summed E-state index contributed by atoms with van der Waals surface area (Å²) >= 11 is 0. The molecule has 1 rings (SSSR count). The summed E-state index contributed by atoms with van der Waals surface area (Å²) in [5, 5.41) is 2.77. The summed E-state index contributed by atoms with van der Waals surface area (Å²) in [5.41, 5.74) is 3.49. The zero-order valence-electron chi connectivity index (χ0n) is 12.8. The van der Waals surface area contributed by atoms with E-state index < -0.39 is 0 Å². The Bertz CT molecular complexity index is 454. The zero-order valence-corrected chi connectivity index (χ0v) is 12.8. The highest BCUT2D eigenvalue weighted by molar-refractivity contribution is 5.81. The molecule has 0 radical (unpaired) electrons. The average molecular weight is 296 g/mol. The van der Waals surface area contributed by atoms with E-state index >= 15 is 0 Å². The van der Waals surface area contributed by atoms with Crippen LogP contribution >= 0.6 is 0 Å². The number of likely N-dealkylation sites (N-methyl/N-ethyl adjacent to an activating group) is 1. The molecule has 8 nitrogen and oxygen atoms in total. The fourth-order valence-corrected chi connectivity index (χ4v) is 1.98. The van der Waals surface area contributed by atoms with Crippen LogP contribution in [-0.4, -0.2) is 49.7 Å². The third-order valence-corrected chi connectivity index (χ3v) is 2.93. The molecular formula is C13H24N6O2. The molecule has 1 aromatic rings. The van der Waals surface area contributed by atoms with Crippen LogP contribution in [0, 0.1) is 0 Å². The van der Waals surface area contributed by atoms with E-state index in [0.717, 1.165) is 18.4 Å². The first-order chi connectivity index (χ1) is 10.1. The quantitative estimate of drug-likeness (QED) is 0.332. The maximum absolute atomic E-state index is 11.8. The van der Waals surface area contributed by atoms with Crippen molar-refractivity contribution >= 4 is 17.5 Å². The number of anilines is 2. The maximum atomic E-state index is 11.8. The molecule has 0 aromatic carbocycles. The van der Waals surface area contributed by atoms with Gasteiger partial charge in [0.1, 0.15) is 18.0 Å². The second kappa shape index (κ2) is 9.09. The van der Waals surface area contributed by atoms with Crippen molar-refractivity contribution in [2.45, 2.75) is 19.8 Å². The number of nitrogens with two attached hydrogens (primary N) is 1. The molecule has 0 aliphatic rings. The van der Waals surface area contributed by atoms with E-state index in [1.54, 1.807) is 12.0 Å². The number of rotatable bonds is 9. The monoisotopic (exact) mass is 296 g/mol. The van der Waals surface area contributed by atoms with Crippen molar-refractivity contribution in [1.29, 1.82) is 0 Å². The Kier molecular flexibility index (Phi) is 7.41.